The van der Waals surface area contributed by atoms with E-state index in [1.54, 1.807) is 0 Å². The number of hydrogen-bond acceptors (Lipinski definition) is 2. The van der Waals surface area contributed by atoms with Crippen molar-refractivity contribution in [2.45, 2.75) is 60.0 Å². The summed E-state index contributed by atoms with van der Waals surface area (Å²) in [5.41, 5.74) is 0.650. The molecule has 16 heavy (non-hydrogen) atoms. The molecule has 0 bridgehead atoms. The first-order valence-corrected chi connectivity index (χ1v) is 6.60. The molecule has 0 aromatic rings. The minimum absolute atomic E-state index is 0.261. The van der Waals surface area contributed by atoms with Gasteiger partial charge in [-0.3, -0.25) is 4.90 Å². The van der Waals surface area contributed by atoms with Gasteiger partial charge in [0.1, 0.15) is 0 Å². The van der Waals surface area contributed by atoms with Gasteiger partial charge in [-0.05, 0) is 25.2 Å². The third kappa shape index (κ3) is 4.06. The molecule has 1 atom stereocenters. The fourth-order valence-electron chi connectivity index (χ4n) is 2.63. The number of nitrogens with one attached hydrogen (secondary N) is 1. The lowest BCUT2D eigenvalue weighted by Gasteiger charge is -2.48. The van der Waals surface area contributed by atoms with Crippen LogP contribution in [0, 0.1) is 11.3 Å². The molecule has 1 fully saturated rings. The molecule has 0 spiro atoms. The number of hydrogen-bond donors (Lipinski definition) is 1. The van der Waals surface area contributed by atoms with E-state index in [1.165, 1.54) is 6.54 Å². The predicted octanol–water partition coefficient (Wildman–Crippen LogP) is 2.74. The molecule has 1 aliphatic heterocycles. The van der Waals surface area contributed by atoms with Crippen LogP contribution in [0.3, 0.4) is 0 Å². The van der Waals surface area contributed by atoms with Crippen LogP contribution < -0.4 is 5.32 Å². The molecule has 1 rings (SSSR count). The topological polar surface area (TPSA) is 15.3 Å². The zero-order chi connectivity index (χ0) is 12.6. The van der Waals surface area contributed by atoms with E-state index in [4.69, 9.17) is 0 Å². The van der Waals surface area contributed by atoms with Crippen LogP contribution in [0.4, 0.5) is 0 Å². The van der Waals surface area contributed by atoms with Gasteiger partial charge in [-0.2, -0.15) is 0 Å². The molecule has 0 radical (unpaired) electrons. The Hall–Kier alpha value is -0.0800. The van der Waals surface area contributed by atoms with Crippen molar-refractivity contribution >= 4 is 0 Å². The molecule has 2 nitrogen and oxygen atoms in total. The highest BCUT2D eigenvalue weighted by Gasteiger charge is 2.35. The molecule has 2 heteroatoms. The van der Waals surface area contributed by atoms with Gasteiger partial charge in [-0.1, -0.05) is 34.6 Å². The van der Waals surface area contributed by atoms with Crippen molar-refractivity contribution in [1.82, 2.24) is 10.2 Å². The highest BCUT2D eigenvalue weighted by atomic mass is 15.3. The minimum Gasteiger partial charge on any atom is -0.309 e. The molecule has 0 aromatic heterocycles. The second kappa shape index (κ2) is 4.66. The summed E-state index contributed by atoms with van der Waals surface area (Å²) in [6.45, 7) is 19.8. The molecule has 1 aliphatic rings. The summed E-state index contributed by atoms with van der Waals surface area (Å²) < 4.78 is 0. The standard InChI is InChI=1S/C14H30N2/c1-11(2)12-8-15-14(6,7)10-16(12)9-13(3,4)5/h11-12,15H,8-10H2,1-7H3. The van der Waals surface area contributed by atoms with E-state index in [0.717, 1.165) is 19.0 Å². The summed E-state index contributed by atoms with van der Waals surface area (Å²) in [7, 11) is 0. The molecule has 0 amide bonds. The summed E-state index contributed by atoms with van der Waals surface area (Å²) in [5, 5.41) is 3.66. The Morgan fingerprint density at radius 1 is 1.31 bits per heavy atom. The first-order chi connectivity index (χ1) is 7.11. The third-order valence-corrected chi connectivity index (χ3v) is 3.30. The summed E-state index contributed by atoms with van der Waals surface area (Å²) in [6, 6.07) is 0.687. The van der Waals surface area contributed by atoms with Gasteiger partial charge < -0.3 is 5.32 Å². The third-order valence-electron chi connectivity index (χ3n) is 3.30. The first kappa shape index (κ1) is 14.0. The maximum Gasteiger partial charge on any atom is 0.0252 e. The van der Waals surface area contributed by atoms with E-state index in [1.807, 2.05) is 0 Å². The van der Waals surface area contributed by atoms with Crippen molar-refractivity contribution < 1.29 is 0 Å². The molecule has 0 saturated carbocycles. The van der Waals surface area contributed by atoms with Crippen LogP contribution in [-0.4, -0.2) is 36.1 Å². The van der Waals surface area contributed by atoms with Crippen LogP contribution in [0.5, 0.6) is 0 Å². The van der Waals surface area contributed by atoms with E-state index >= 15 is 0 Å². The maximum atomic E-state index is 3.66. The van der Waals surface area contributed by atoms with Crippen LogP contribution in [-0.2, 0) is 0 Å². The summed E-state index contributed by atoms with van der Waals surface area (Å²) in [6.07, 6.45) is 0. The normalized spacial score (nSPS) is 27.4. The lowest BCUT2D eigenvalue weighted by Crippen LogP contribution is -2.63. The van der Waals surface area contributed by atoms with Gasteiger partial charge in [0.15, 0.2) is 0 Å². The van der Waals surface area contributed by atoms with Crippen molar-refractivity contribution in [3.8, 4) is 0 Å². The molecule has 96 valence electrons. The lowest BCUT2D eigenvalue weighted by molar-refractivity contribution is 0.0423. The number of nitrogens with zero attached hydrogens (tertiary/aromatic N) is 1. The van der Waals surface area contributed by atoms with E-state index in [2.05, 4.69) is 58.7 Å². The quantitative estimate of drug-likeness (QED) is 0.779. The van der Waals surface area contributed by atoms with Crippen molar-refractivity contribution in [3.05, 3.63) is 0 Å². The van der Waals surface area contributed by atoms with Crippen LogP contribution in [0.25, 0.3) is 0 Å². The van der Waals surface area contributed by atoms with Crippen LogP contribution in [0.1, 0.15) is 48.5 Å². The van der Waals surface area contributed by atoms with E-state index in [9.17, 15) is 0 Å². The van der Waals surface area contributed by atoms with E-state index in [-0.39, 0.29) is 5.54 Å². The maximum absolute atomic E-state index is 3.66. The summed E-state index contributed by atoms with van der Waals surface area (Å²) in [5.74, 6) is 0.728. The van der Waals surface area contributed by atoms with Gasteiger partial charge in [0, 0.05) is 31.2 Å². The molecule has 1 unspecified atom stereocenters. The Kier molecular flexibility index (Phi) is 4.07. The van der Waals surface area contributed by atoms with Gasteiger partial charge in [0.05, 0.1) is 0 Å². The minimum atomic E-state index is 0.261. The molecule has 1 N–H and O–H groups in total. The number of rotatable bonds is 2. The van der Waals surface area contributed by atoms with Crippen LogP contribution >= 0.6 is 0 Å². The monoisotopic (exact) mass is 226 g/mol. The Morgan fingerprint density at radius 2 is 1.88 bits per heavy atom. The molecular formula is C14H30N2. The fourth-order valence-corrected chi connectivity index (χ4v) is 2.63. The van der Waals surface area contributed by atoms with Crippen molar-refractivity contribution in [3.63, 3.8) is 0 Å². The van der Waals surface area contributed by atoms with Crippen molar-refractivity contribution in [1.29, 1.82) is 0 Å². The Bertz CT molecular complexity index is 223. The Balaban J connectivity index is 2.72. The zero-order valence-electron chi connectivity index (χ0n) is 12.2. The largest absolute Gasteiger partial charge is 0.309 e. The second-order valence-electron chi connectivity index (χ2n) is 7.54. The average Bonchev–Trinajstić information content (AvgIpc) is 1.97. The highest BCUT2D eigenvalue weighted by Crippen LogP contribution is 2.25. The van der Waals surface area contributed by atoms with Gasteiger partial charge in [0.2, 0.25) is 0 Å². The van der Waals surface area contributed by atoms with Crippen LogP contribution in [0.15, 0.2) is 0 Å². The number of piperazine rings is 1. The molecule has 1 saturated heterocycles. The molecule has 0 aromatic carbocycles. The fraction of sp³-hybridized carbons (Fsp3) is 1.00. The van der Waals surface area contributed by atoms with Gasteiger partial charge >= 0.3 is 0 Å². The van der Waals surface area contributed by atoms with Gasteiger partial charge in [-0.25, -0.2) is 0 Å². The second-order valence-corrected chi connectivity index (χ2v) is 7.54. The van der Waals surface area contributed by atoms with E-state index < -0.39 is 0 Å². The Labute approximate surface area is 102 Å². The first-order valence-electron chi connectivity index (χ1n) is 6.60. The van der Waals surface area contributed by atoms with E-state index in [0.29, 0.717) is 11.5 Å². The zero-order valence-corrected chi connectivity index (χ0v) is 12.2. The van der Waals surface area contributed by atoms with Gasteiger partial charge in [0.25, 0.3) is 0 Å². The predicted molar refractivity (Wildman–Crippen MR) is 71.7 cm³/mol. The molecule has 0 aliphatic carbocycles. The lowest BCUT2D eigenvalue weighted by atomic mass is 9.88. The summed E-state index contributed by atoms with van der Waals surface area (Å²) in [4.78, 5) is 2.68. The summed E-state index contributed by atoms with van der Waals surface area (Å²) >= 11 is 0. The van der Waals surface area contributed by atoms with Crippen LogP contribution in [0.2, 0.25) is 0 Å². The highest BCUT2D eigenvalue weighted by molar-refractivity contribution is 4.94. The molecular weight excluding hydrogens is 196 g/mol. The smallest absolute Gasteiger partial charge is 0.0252 e. The van der Waals surface area contributed by atoms with Gasteiger partial charge in [-0.15, -0.1) is 0 Å². The Morgan fingerprint density at radius 3 is 2.31 bits per heavy atom. The SMILES string of the molecule is CC(C)C1CNC(C)(C)CN1CC(C)(C)C. The van der Waals surface area contributed by atoms with Crippen molar-refractivity contribution in [2.75, 3.05) is 19.6 Å². The molecule has 1 heterocycles. The average molecular weight is 226 g/mol. The van der Waals surface area contributed by atoms with Crippen molar-refractivity contribution in [2.24, 2.45) is 11.3 Å².